The van der Waals surface area contributed by atoms with Crippen molar-refractivity contribution in [2.75, 3.05) is 13.2 Å². The van der Waals surface area contributed by atoms with Crippen LogP contribution in [0, 0.1) is 6.92 Å². The van der Waals surface area contributed by atoms with Gasteiger partial charge in [-0.25, -0.2) is 0 Å². The second-order valence-corrected chi connectivity index (χ2v) is 7.05. The van der Waals surface area contributed by atoms with Gasteiger partial charge >= 0.3 is 0 Å². The Balaban J connectivity index is 1.24. The van der Waals surface area contributed by atoms with Gasteiger partial charge in [0.05, 0.1) is 37.7 Å². The van der Waals surface area contributed by atoms with Gasteiger partial charge in [-0.3, -0.25) is 9.88 Å². The quantitative estimate of drug-likeness (QED) is 0.806. The number of furan rings is 1. The maximum absolute atomic E-state index is 6.30. The number of nitrogens with zero attached hydrogens (tertiary/aromatic N) is 2. The van der Waals surface area contributed by atoms with E-state index in [9.17, 15) is 0 Å². The second kappa shape index (κ2) is 7.68. The molecule has 0 radical (unpaired) electrons. The van der Waals surface area contributed by atoms with Gasteiger partial charge in [0.25, 0.3) is 0 Å². The molecule has 5 heteroatoms. The summed E-state index contributed by atoms with van der Waals surface area (Å²) in [4.78, 5) is 6.79. The molecule has 3 atom stereocenters. The molecule has 4 rings (SSSR count). The van der Waals surface area contributed by atoms with Crippen LogP contribution in [-0.4, -0.2) is 41.3 Å². The molecule has 0 aromatic carbocycles. The van der Waals surface area contributed by atoms with Gasteiger partial charge in [0.1, 0.15) is 11.5 Å². The average Bonchev–Trinajstić information content (AvgIpc) is 3.22. The Labute approximate surface area is 148 Å². The number of likely N-dealkylation sites (tertiary alicyclic amines) is 1. The van der Waals surface area contributed by atoms with E-state index in [4.69, 9.17) is 13.9 Å². The topological polar surface area (TPSA) is 47.7 Å². The molecular weight excluding hydrogens is 316 g/mol. The standard InChI is InChI=1S/C20H26N2O3/c1-15-5-6-17(24-15)12-22-11-9-20-19(22)8-7-18(25-20)14-23-13-16-4-2-3-10-21-16/h2-6,10,18-20H,7-9,11-14H2,1H3/t18-,19+,20+/m1/s1. The average molecular weight is 342 g/mol. The fraction of sp³-hybridized carbons (Fsp3) is 0.550. The molecule has 0 N–H and O–H groups in total. The van der Waals surface area contributed by atoms with Gasteiger partial charge in [0, 0.05) is 18.8 Å². The van der Waals surface area contributed by atoms with E-state index >= 15 is 0 Å². The highest BCUT2D eigenvalue weighted by Gasteiger charge is 2.39. The fourth-order valence-electron chi connectivity index (χ4n) is 3.95. The number of pyridine rings is 1. The molecule has 0 aliphatic carbocycles. The van der Waals surface area contributed by atoms with Gasteiger partial charge in [-0.1, -0.05) is 6.07 Å². The lowest BCUT2D eigenvalue weighted by molar-refractivity contribution is -0.103. The summed E-state index contributed by atoms with van der Waals surface area (Å²) >= 11 is 0. The van der Waals surface area contributed by atoms with Crippen molar-refractivity contribution in [2.45, 2.75) is 57.6 Å². The van der Waals surface area contributed by atoms with Crippen molar-refractivity contribution in [3.8, 4) is 0 Å². The second-order valence-electron chi connectivity index (χ2n) is 7.05. The largest absolute Gasteiger partial charge is 0.465 e. The third-order valence-electron chi connectivity index (χ3n) is 5.19. The first-order valence-corrected chi connectivity index (χ1v) is 9.20. The van der Waals surface area contributed by atoms with Crippen LogP contribution in [-0.2, 0) is 22.6 Å². The number of aromatic nitrogens is 1. The Morgan fingerprint density at radius 1 is 1.20 bits per heavy atom. The number of fused-ring (bicyclic) bond motifs is 1. The zero-order valence-electron chi connectivity index (χ0n) is 14.8. The van der Waals surface area contributed by atoms with E-state index in [-0.39, 0.29) is 6.10 Å². The normalized spacial score (nSPS) is 26.7. The van der Waals surface area contributed by atoms with Crippen molar-refractivity contribution in [2.24, 2.45) is 0 Å². The Morgan fingerprint density at radius 3 is 2.96 bits per heavy atom. The molecule has 5 nitrogen and oxygen atoms in total. The number of ether oxygens (including phenoxy) is 2. The molecule has 0 unspecified atom stereocenters. The summed E-state index contributed by atoms with van der Waals surface area (Å²) in [5.74, 6) is 2.04. The highest BCUT2D eigenvalue weighted by molar-refractivity contribution is 5.07. The zero-order chi connectivity index (χ0) is 17.1. The van der Waals surface area contributed by atoms with Gasteiger partial charge in [0.15, 0.2) is 0 Å². The van der Waals surface area contributed by atoms with Crippen molar-refractivity contribution in [1.82, 2.24) is 9.88 Å². The van der Waals surface area contributed by atoms with Gasteiger partial charge in [0.2, 0.25) is 0 Å². The van der Waals surface area contributed by atoms with Gasteiger partial charge in [-0.2, -0.15) is 0 Å². The van der Waals surface area contributed by atoms with Gasteiger partial charge < -0.3 is 13.9 Å². The Morgan fingerprint density at radius 2 is 2.16 bits per heavy atom. The minimum atomic E-state index is 0.204. The highest BCUT2D eigenvalue weighted by Crippen LogP contribution is 2.32. The molecule has 0 saturated carbocycles. The number of rotatable bonds is 6. The molecule has 0 amide bonds. The summed E-state index contributed by atoms with van der Waals surface area (Å²) in [5, 5.41) is 0. The van der Waals surface area contributed by atoms with Crippen molar-refractivity contribution in [3.05, 3.63) is 53.7 Å². The number of hydrogen-bond acceptors (Lipinski definition) is 5. The van der Waals surface area contributed by atoms with Crippen LogP contribution in [0.4, 0.5) is 0 Å². The molecule has 25 heavy (non-hydrogen) atoms. The summed E-state index contributed by atoms with van der Waals surface area (Å²) in [6.45, 7) is 5.17. The van der Waals surface area contributed by atoms with Gasteiger partial charge in [-0.05, 0) is 50.5 Å². The van der Waals surface area contributed by atoms with Crippen molar-refractivity contribution in [3.63, 3.8) is 0 Å². The molecule has 2 aromatic heterocycles. The lowest BCUT2D eigenvalue weighted by Crippen LogP contribution is -2.43. The van der Waals surface area contributed by atoms with Gasteiger partial charge in [-0.15, -0.1) is 0 Å². The summed E-state index contributed by atoms with van der Waals surface area (Å²) in [5.41, 5.74) is 0.969. The molecular formula is C20H26N2O3. The van der Waals surface area contributed by atoms with Crippen LogP contribution in [0.5, 0.6) is 0 Å². The van der Waals surface area contributed by atoms with E-state index in [0.29, 0.717) is 25.4 Å². The lowest BCUT2D eigenvalue weighted by Gasteiger charge is -2.35. The van der Waals surface area contributed by atoms with Crippen LogP contribution < -0.4 is 0 Å². The smallest absolute Gasteiger partial charge is 0.118 e. The molecule has 2 aliphatic rings. The molecule has 2 aliphatic heterocycles. The van der Waals surface area contributed by atoms with Crippen LogP contribution in [0.2, 0.25) is 0 Å². The van der Waals surface area contributed by atoms with Crippen molar-refractivity contribution >= 4 is 0 Å². The maximum atomic E-state index is 6.30. The highest BCUT2D eigenvalue weighted by atomic mass is 16.5. The first-order valence-electron chi connectivity index (χ1n) is 9.20. The van der Waals surface area contributed by atoms with Crippen molar-refractivity contribution in [1.29, 1.82) is 0 Å². The molecule has 2 fully saturated rings. The third kappa shape index (κ3) is 4.11. The molecule has 2 aromatic rings. The van der Waals surface area contributed by atoms with Crippen LogP contribution >= 0.6 is 0 Å². The molecule has 2 saturated heterocycles. The van der Waals surface area contributed by atoms with Crippen LogP contribution in [0.3, 0.4) is 0 Å². The lowest BCUT2D eigenvalue weighted by atomic mass is 9.99. The van der Waals surface area contributed by atoms with Crippen LogP contribution in [0.25, 0.3) is 0 Å². The number of aryl methyl sites for hydroxylation is 1. The van der Waals surface area contributed by atoms with Crippen LogP contribution in [0.1, 0.15) is 36.5 Å². The van der Waals surface area contributed by atoms with E-state index in [1.165, 1.54) is 6.42 Å². The molecule has 134 valence electrons. The van der Waals surface area contributed by atoms with E-state index in [0.717, 1.165) is 43.1 Å². The Bertz CT molecular complexity index is 673. The first-order chi connectivity index (χ1) is 12.3. The predicted molar refractivity (Wildman–Crippen MR) is 94.0 cm³/mol. The van der Waals surface area contributed by atoms with E-state index in [2.05, 4.69) is 16.0 Å². The van der Waals surface area contributed by atoms with E-state index in [1.54, 1.807) is 6.20 Å². The van der Waals surface area contributed by atoms with Crippen molar-refractivity contribution < 1.29 is 13.9 Å². The Kier molecular flexibility index (Phi) is 5.15. The summed E-state index contributed by atoms with van der Waals surface area (Å²) < 4.78 is 17.9. The minimum absolute atomic E-state index is 0.204. The fourth-order valence-corrected chi connectivity index (χ4v) is 3.95. The molecule has 0 bridgehead atoms. The molecule has 0 spiro atoms. The Hall–Kier alpha value is -1.69. The SMILES string of the molecule is Cc1ccc(CN2CC[C@@H]3O[C@@H](COCc4ccccn4)CC[C@@H]32)o1. The van der Waals surface area contributed by atoms with E-state index < -0.39 is 0 Å². The summed E-state index contributed by atoms with van der Waals surface area (Å²) in [6, 6.07) is 10.5. The summed E-state index contributed by atoms with van der Waals surface area (Å²) in [7, 11) is 0. The predicted octanol–water partition coefficient (Wildman–Crippen LogP) is 3.32. The monoisotopic (exact) mass is 342 g/mol. The molecule has 4 heterocycles. The maximum Gasteiger partial charge on any atom is 0.118 e. The third-order valence-corrected chi connectivity index (χ3v) is 5.19. The number of hydrogen-bond donors (Lipinski definition) is 0. The zero-order valence-corrected chi connectivity index (χ0v) is 14.8. The minimum Gasteiger partial charge on any atom is -0.465 e. The van der Waals surface area contributed by atoms with E-state index in [1.807, 2.05) is 31.2 Å². The van der Waals surface area contributed by atoms with Crippen LogP contribution in [0.15, 0.2) is 40.9 Å². The summed E-state index contributed by atoms with van der Waals surface area (Å²) in [6.07, 6.45) is 5.65. The first kappa shape index (κ1) is 16.8.